The maximum atomic E-state index is 11.8. The second-order valence-electron chi connectivity index (χ2n) is 8.36. The van der Waals surface area contributed by atoms with E-state index in [1.165, 1.54) is 16.7 Å². The van der Waals surface area contributed by atoms with E-state index in [0.717, 1.165) is 49.7 Å². The quantitative estimate of drug-likeness (QED) is 0.389. The topological polar surface area (TPSA) is 29.1 Å². The molecule has 0 saturated carbocycles. The zero-order chi connectivity index (χ0) is 19.3. The lowest BCUT2D eigenvalue weighted by Crippen LogP contribution is -2.41. The molecule has 1 N–H and O–H groups in total. The van der Waals surface area contributed by atoms with E-state index in [9.17, 15) is 4.79 Å². The fraction of sp³-hybridized carbons (Fsp3) is 0.682. The number of likely N-dealkylation sites (N-methyl/N-ethyl adjacent to an activating group) is 1. The van der Waals surface area contributed by atoms with Gasteiger partial charge in [0.1, 0.15) is 0 Å². The lowest BCUT2D eigenvalue weighted by molar-refractivity contribution is -0.869. The van der Waals surface area contributed by atoms with Crippen LogP contribution in [0.25, 0.3) is 0 Å². The summed E-state index contributed by atoms with van der Waals surface area (Å²) in [5, 5.41) is 3.00. The van der Waals surface area contributed by atoms with E-state index in [-0.39, 0.29) is 5.91 Å². The summed E-state index contributed by atoms with van der Waals surface area (Å²) in [5.74, 6) is 0.160. The van der Waals surface area contributed by atoms with Gasteiger partial charge >= 0.3 is 0 Å². The van der Waals surface area contributed by atoms with Gasteiger partial charge in [0.25, 0.3) is 0 Å². The molecular weight excluding hydrogens is 308 g/mol. The Balaban J connectivity index is 3.90. The third-order valence-corrected chi connectivity index (χ3v) is 4.09. The maximum Gasteiger partial charge on any atom is 0.220 e. The molecule has 0 aliphatic carbocycles. The van der Waals surface area contributed by atoms with Crippen LogP contribution in [0.1, 0.15) is 66.2 Å². The van der Waals surface area contributed by atoms with E-state index in [2.05, 4.69) is 72.4 Å². The van der Waals surface area contributed by atoms with Crippen molar-refractivity contribution in [1.29, 1.82) is 0 Å². The molecule has 3 heteroatoms. The molecule has 144 valence electrons. The van der Waals surface area contributed by atoms with Gasteiger partial charge in [-0.25, -0.2) is 0 Å². The molecule has 0 aliphatic heterocycles. The standard InChI is InChI=1S/C22H40N2O/c1-19(2)11-8-12-20(3)13-9-14-21(4)15-10-16-22(25)23-17-18-24(5,6)7/h11,13,15H,8-10,12,14,16-18H2,1-7H3/p+1. The Kier molecular flexibility index (Phi) is 12.2. The Hall–Kier alpha value is -1.35. The molecule has 0 aromatic carbocycles. The molecule has 0 fully saturated rings. The number of quaternary nitrogens is 1. The van der Waals surface area contributed by atoms with E-state index < -0.39 is 0 Å². The molecule has 0 unspecified atom stereocenters. The summed E-state index contributed by atoms with van der Waals surface area (Å²) in [6.07, 6.45) is 12.8. The monoisotopic (exact) mass is 349 g/mol. The van der Waals surface area contributed by atoms with Crippen molar-refractivity contribution in [3.05, 3.63) is 34.9 Å². The van der Waals surface area contributed by atoms with Crippen molar-refractivity contribution in [3.8, 4) is 0 Å². The predicted molar refractivity (Wildman–Crippen MR) is 111 cm³/mol. The van der Waals surface area contributed by atoms with Crippen LogP contribution in [0.5, 0.6) is 0 Å². The van der Waals surface area contributed by atoms with Crippen molar-refractivity contribution < 1.29 is 9.28 Å². The van der Waals surface area contributed by atoms with Gasteiger partial charge in [0.15, 0.2) is 0 Å². The van der Waals surface area contributed by atoms with Gasteiger partial charge in [-0.1, -0.05) is 34.9 Å². The smallest absolute Gasteiger partial charge is 0.220 e. The molecule has 0 aromatic rings. The maximum absolute atomic E-state index is 11.8. The SMILES string of the molecule is CC(C)=CCCC(C)=CCCC(C)=CCCC(=O)NCC[N+](C)(C)C. The van der Waals surface area contributed by atoms with Gasteiger partial charge in [-0.2, -0.15) is 0 Å². The molecule has 0 saturated heterocycles. The van der Waals surface area contributed by atoms with E-state index in [1.54, 1.807) is 0 Å². The minimum Gasteiger partial charge on any atom is -0.350 e. The second kappa shape index (κ2) is 12.9. The zero-order valence-corrected chi connectivity index (χ0v) is 17.7. The summed E-state index contributed by atoms with van der Waals surface area (Å²) in [4.78, 5) is 11.8. The van der Waals surface area contributed by atoms with E-state index in [4.69, 9.17) is 0 Å². The number of carbonyl (C=O) groups is 1. The molecule has 25 heavy (non-hydrogen) atoms. The third kappa shape index (κ3) is 17.3. The Labute approximate surface area is 156 Å². The van der Waals surface area contributed by atoms with Gasteiger partial charge in [-0.05, 0) is 59.8 Å². The largest absolute Gasteiger partial charge is 0.350 e. The first-order valence-corrected chi connectivity index (χ1v) is 9.62. The minimum absolute atomic E-state index is 0.160. The number of hydrogen-bond donors (Lipinski definition) is 1. The van der Waals surface area contributed by atoms with Crippen molar-refractivity contribution in [2.45, 2.75) is 66.2 Å². The average Bonchev–Trinajstić information content (AvgIpc) is 2.45. The predicted octanol–water partition coefficient (Wildman–Crippen LogP) is 5.01. The number of carbonyl (C=O) groups excluding carboxylic acids is 1. The molecular formula is C22H41N2O+. The van der Waals surface area contributed by atoms with Gasteiger partial charge in [-0.3, -0.25) is 4.79 Å². The van der Waals surface area contributed by atoms with Gasteiger partial charge in [-0.15, -0.1) is 0 Å². The van der Waals surface area contributed by atoms with Crippen LogP contribution in [-0.2, 0) is 4.79 Å². The third-order valence-electron chi connectivity index (χ3n) is 4.09. The minimum atomic E-state index is 0.160. The summed E-state index contributed by atoms with van der Waals surface area (Å²) in [5.41, 5.74) is 4.25. The molecule has 0 spiro atoms. The molecule has 0 rings (SSSR count). The van der Waals surface area contributed by atoms with Crippen LogP contribution < -0.4 is 5.32 Å². The number of allylic oxidation sites excluding steroid dienone is 6. The molecule has 0 radical (unpaired) electrons. The van der Waals surface area contributed by atoms with Crippen molar-refractivity contribution in [1.82, 2.24) is 5.32 Å². The van der Waals surface area contributed by atoms with E-state index in [1.807, 2.05) is 0 Å². The Morgan fingerprint density at radius 3 is 1.76 bits per heavy atom. The molecule has 1 amide bonds. The van der Waals surface area contributed by atoms with Crippen LogP contribution in [-0.4, -0.2) is 44.6 Å². The van der Waals surface area contributed by atoms with Gasteiger partial charge in [0.05, 0.1) is 34.2 Å². The van der Waals surface area contributed by atoms with Crippen molar-refractivity contribution in [2.75, 3.05) is 34.2 Å². The molecule has 0 aromatic heterocycles. The van der Waals surface area contributed by atoms with Crippen LogP contribution in [0.15, 0.2) is 34.9 Å². The highest BCUT2D eigenvalue weighted by molar-refractivity contribution is 5.75. The Morgan fingerprint density at radius 2 is 1.28 bits per heavy atom. The highest BCUT2D eigenvalue weighted by Gasteiger charge is 2.07. The first kappa shape index (κ1) is 23.6. The van der Waals surface area contributed by atoms with Crippen LogP contribution in [0.2, 0.25) is 0 Å². The van der Waals surface area contributed by atoms with Gasteiger partial charge in [0, 0.05) is 6.42 Å². The van der Waals surface area contributed by atoms with Crippen molar-refractivity contribution in [2.24, 2.45) is 0 Å². The highest BCUT2D eigenvalue weighted by Crippen LogP contribution is 2.12. The normalized spacial score (nSPS) is 12.9. The Bertz CT molecular complexity index is 475. The lowest BCUT2D eigenvalue weighted by Gasteiger charge is -2.23. The van der Waals surface area contributed by atoms with Crippen LogP contribution in [0.4, 0.5) is 0 Å². The van der Waals surface area contributed by atoms with Crippen LogP contribution in [0, 0.1) is 0 Å². The highest BCUT2D eigenvalue weighted by atomic mass is 16.1. The number of rotatable bonds is 12. The van der Waals surface area contributed by atoms with E-state index in [0.29, 0.717) is 6.42 Å². The lowest BCUT2D eigenvalue weighted by atomic mass is 10.1. The second-order valence-corrected chi connectivity index (χ2v) is 8.36. The summed E-state index contributed by atoms with van der Waals surface area (Å²) in [6.45, 7) is 10.4. The number of hydrogen-bond acceptors (Lipinski definition) is 1. The van der Waals surface area contributed by atoms with Crippen LogP contribution >= 0.6 is 0 Å². The average molecular weight is 350 g/mol. The zero-order valence-electron chi connectivity index (χ0n) is 17.7. The first-order valence-electron chi connectivity index (χ1n) is 9.62. The van der Waals surface area contributed by atoms with Crippen molar-refractivity contribution in [3.63, 3.8) is 0 Å². The molecule has 0 bridgehead atoms. The summed E-state index contributed by atoms with van der Waals surface area (Å²) in [7, 11) is 6.40. The van der Waals surface area contributed by atoms with Crippen molar-refractivity contribution >= 4 is 5.91 Å². The number of nitrogens with one attached hydrogen (secondary N) is 1. The fourth-order valence-electron chi connectivity index (χ4n) is 2.41. The molecule has 0 heterocycles. The summed E-state index contributed by atoms with van der Waals surface area (Å²) in [6, 6.07) is 0. The number of amides is 1. The van der Waals surface area contributed by atoms with Gasteiger partial charge in [0.2, 0.25) is 5.91 Å². The summed E-state index contributed by atoms with van der Waals surface area (Å²) < 4.78 is 0.876. The number of nitrogens with zero attached hydrogens (tertiary/aromatic N) is 1. The molecule has 3 nitrogen and oxygen atoms in total. The fourth-order valence-corrected chi connectivity index (χ4v) is 2.41. The van der Waals surface area contributed by atoms with E-state index >= 15 is 0 Å². The summed E-state index contributed by atoms with van der Waals surface area (Å²) >= 11 is 0. The van der Waals surface area contributed by atoms with Gasteiger partial charge < -0.3 is 9.80 Å². The molecule has 0 aliphatic rings. The Morgan fingerprint density at radius 1 is 0.800 bits per heavy atom. The molecule has 0 atom stereocenters. The van der Waals surface area contributed by atoms with Crippen LogP contribution in [0.3, 0.4) is 0 Å². The first-order chi connectivity index (χ1) is 11.6.